The van der Waals surface area contributed by atoms with Gasteiger partial charge in [-0.15, -0.1) is 0 Å². The number of aliphatic hydroxyl groups excluding tert-OH is 1. The van der Waals surface area contributed by atoms with E-state index in [1.165, 1.54) is 6.07 Å². The predicted molar refractivity (Wildman–Crippen MR) is 87.4 cm³/mol. The molecule has 1 heterocycles. The summed E-state index contributed by atoms with van der Waals surface area (Å²) in [6, 6.07) is 6.06. The lowest BCUT2D eigenvalue weighted by Gasteiger charge is -2.14. The smallest absolute Gasteiger partial charge is 0.261 e. The highest BCUT2D eigenvalue weighted by atomic mass is 16.5. The maximum absolute atomic E-state index is 12.6. The number of hydrogen-bond donors (Lipinski definition) is 1. The topological polar surface area (TPSA) is 85.6 Å². The number of aliphatic hydroxyl groups is 1. The lowest BCUT2D eigenvalue weighted by molar-refractivity contribution is 0.189. The van der Waals surface area contributed by atoms with Crippen molar-refractivity contribution >= 4 is 17.0 Å². The average Bonchev–Trinajstić information content (AvgIpc) is 2.55. The molecule has 0 saturated carbocycles. The Morgan fingerprint density at radius 3 is 2.61 bits per heavy atom. The molecule has 0 amide bonds. The number of ether oxygens (including phenoxy) is 1. The third-order valence-corrected chi connectivity index (χ3v) is 3.98. The number of rotatable bonds is 4. The number of nitrogens with zero attached hydrogens (tertiary/aromatic N) is 1. The Bertz CT molecular complexity index is 1050. The molecule has 1 aliphatic carbocycles. The summed E-state index contributed by atoms with van der Waals surface area (Å²) >= 11 is 0. The van der Waals surface area contributed by atoms with E-state index < -0.39 is 16.5 Å². The second kappa shape index (κ2) is 5.81. The molecule has 0 unspecified atom stereocenters. The van der Waals surface area contributed by atoms with Gasteiger partial charge in [0.25, 0.3) is 11.1 Å². The lowest BCUT2D eigenvalue weighted by Crippen LogP contribution is -2.38. The van der Waals surface area contributed by atoms with Crippen LogP contribution in [0.2, 0.25) is 0 Å². The summed E-state index contributed by atoms with van der Waals surface area (Å²) in [5.41, 5.74) is -0.719. The van der Waals surface area contributed by atoms with Gasteiger partial charge in [-0.1, -0.05) is 12.1 Å². The average molecular weight is 313 g/mol. The maximum atomic E-state index is 12.6. The number of hydrogen-bond acceptors (Lipinski definition) is 5. The monoisotopic (exact) mass is 313 g/mol. The fraction of sp³-hybridized carbons (Fsp3) is 0.235. The fourth-order valence-corrected chi connectivity index (χ4v) is 2.91. The van der Waals surface area contributed by atoms with Crippen LogP contribution in [0.5, 0.6) is 0 Å². The van der Waals surface area contributed by atoms with E-state index in [1.807, 2.05) is 0 Å². The van der Waals surface area contributed by atoms with Crippen LogP contribution in [0.25, 0.3) is 28.2 Å². The van der Waals surface area contributed by atoms with Crippen molar-refractivity contribution in [3.8, 4) is 11.1 Å². The van der Waals surface area contributed by atoms with Crippen molar-refractivity contribution in [2.24, 2.45) is 0 Å². The van der Waals surface area contributed by atoms with E-state index in [1.54, 1.807) is 25.3 Å². The molecule has 0 aromatic heterocycles. The predicted octanol–water partition coefficient (Wildman–Crippen LogP) is 0.316. The van der Waals surface area contributed by atoms with Crippen molar-refractivity contribution < 1.29 is 9.84 Å². The van der Waals surface area contributed by atoms with Crippen LogP contribution in [-0.4, -0.2) is 23.4 Å². The zero-order valence-electron chi connectivity index (χ0n) is 12.5. The molecule has 0 atom stereocenters. The lowest BCUT2D eigenvalue weighted by atomic mass is 9.94. The molecule has 118 valence electrons. The van der Waals surface area contributed by atoms with Gasteiger partial charge in [-0.2, -0.15) is 0 Å². The Morgan fingerprint density at radius 1 is 1.17 bits per heavy atom. The molecule has 23 heavy (non-hydrogen) atoms. The highest BCUT2D eigenvalue weighted by Gasteiger charge is 2.20. The molecule has 0 radical (unpaired) electrons. The van der Waals surface area contributed by atoms with E-state index in [0.717, 1.165) is 4.57 Å². The van der Waals surface area contributed by atoms with E-state index in [-0.39, 0.29) is 17.3 Å². The summed E-state index contributed by atoms with van der Waals surface area (Å²) in [6.45, 7) is 0.655. The molecular formula is C17H15NO5. The summed E-state index contributed by atoms with van der Waals surface area (Å²) in [4.78, 5) is 37.3. The Balaban J connectivity index is 2.45. The fourth-order valence-electron chi connectivity index (χ4n) is 2.91. The Labute approximate surface area is 130 Å². The van der Waals surface area contributed by atoms with Gasteiger partial charge >= 0.3 is 0 Å². The minimum absolute atomic E-state index is 0.0824. The summed E-state index contributed by atoms with van der Waals surface area (Å²) in [6.07, 6.45) is 1.23. The zero-order chi connectivity index (χ0) is 16.6. The van der Waals surface area contributed by atoms with Crippen LogP contribution in [-0.2, 0) is 11.3 Å². The largest absolute Gasteiger partial charge is 0.515 e. The summed E-state index contributed by atoms with van der Waals surface area (Å²) < 4.78 is 6.09. The van der Waals surface area contributed by atoms with Crippen LogP contribution >= 0.6 is 0 Å². The van der Waals surface area contributed by atoms with Crippen LogP contribution in [0.1, 0.15) is 6.42 Å². The van der Waals surface area contributed by atoms with E-state index >= 15 is 0 Å². The normalized spacial score (nSPS) is 12.5. The first-order valence-corrected chi connectivity index (χ1v) is 7.19. The van der Waals surface area contributed by atoms with Crippen molar-refractivity contribution in [1.82, 2.24) is 4.57 Å². The maximum Gasteiger partial charge on any atom is 0.261 e. The van der Waals surface area contributed by atoms with Gasteiger partial charge in [-0.25, -0.2) is 0 Å². The molecule has 1 N–H and O–H groups in total. The Kier molecular flexibility index (Phi) is 3.83. The van der Waals surface area contributed by atoms with Crippen LogP contribution in [0, 0.1) is 0 Å². The minimum Gasteiger partial charge on any atom is -0.515 e. The number of aromatic nitrogens is 1. The third kappa shape index (κ3) is 2.27. The highest BCUT2D eigenvalue weighted by molar-refractivity contribution is 5.97. The quantitative estimate of drug-likeness (QED) is 0.701. The molecule has 0 saturated heterocycles. The van der Waals surface area contributed by atoms with E-state index in [0.29, 0.717) is 35.6 Å². The number of benzene rings is 2. The minimum atomic E-state index is -0.489. The van der Waals surface area contributed by atoms with Crippen LogP contribution in [0.15, 0.2) is 38.6 Å². The summed E-state index contributed by atoms with van der Waals surface area (Å²) in [7, 11) is 1.55. The second-order valence-corrected chi connectivity index (χ2v) is 5.30. The van der Waals surface area contributed by atoms with Gasteiger partial charge in [0.2, 0.25) is 0 Å². The van der Waals surface area contributed by atoms with Crippen LogP contribution in [0.3, 0.4) is 0 Å². The molecule has 0 spiro atoms. The highest BCUT2D eigenvalue weighted by Crippen LogP contribution is 2.24. The molecule has 6 heteroatoms. The van der Waals surface area contributed by atoms with E-state index in [9.17, 15) is 19.5 Å². The van der Waals surface area contributed by atoms with Crippen molar-refractivity contribution in [1.29, 1.82) is 0 Å². The molecule has 1 aromatic rings. The second-order valence-electron chi connectivity index (χ2n) is 5.30. The number of pyridine rings is 1. The van der Waals surface area contributed by atoms with Crippen LogP contribution in [0.4, 0.5) is 0 Å². The standard InChI is InChI=1S/C17H15NO5/c1-23-7-3-6-18-16(21)11-5-2-4-10-13(9-19)14(20)8-12(15(10)11)17(18)22/h2,4-5,8-9,19H,3,6-7H2,1H3. The van der Waals surface area contributed by atoms with Gasteiger partial charge in [0.1, 0.15) is 0 Å². The zero-order valence-corrected chi connectivity index (χ0v) is 12.5. The van der Waals surface area contributed by atoms with Gasteiger partial charge in [-0.3, -0.25) is 19.0 Å². The molecule has 0 fully saturated rings. The molecule has 0 bridgehead atoms. The molecule has 6 nitrogen and oxygen atoms in total. The molecule has 2 aliphatic rings. The molecule has 1 aromatic carbocycles. The number of methoxy groups -OCH3 is 1. The van der Waals surface area contributed by atoms with Crippen molar-refractivity contribution in [2.45, 2.75) is 13.0 Å². The summed E-state index contributed by atoms with van der Waals surface area (Å²) in [5.74, 6) is 0. The van der Waals surface area contributed by atoms with Crippen molar-refractivity contribution in [2.75, 3.05) is 13.7 Å². The SMILES string of the molecule is COCCCn1c(=O)c2cc(=O)c(=CO)c3cccc(c3-2)c1=O. The Hall–Kier alpha value is -2.73. The first-order valence-electron chi connectivity index (χ1n) is 7.19. The van der Waals surface area contributed by atoms with Gasteiger partial charge < -0.3 is 9.84 Å². The Morgan fingerprint density at radius 2 is 1.91 bits per heavy atom. The van der Waals surface area contributed by atoms with Gasteiger partial charge in [0.15, 0.2) is 5.43 Å². The van der Waals surface area contributed by atoms with E-state index in [2.05, 4.69) is 0 Å². The molecule has 3 rings (SSSR count). The molecule has 1 aliphatic heterocycles. The van der Waals surface area contributed by atoms with Crippen molar-refractivity contribution in [3.05, 3.63) is 60.4 Å². The molecular weight excluding hydrogens is 298 g/mol. The van der Waals surface area contributed by atoms with E-state index in [4.69, 9.17) is 4.74 Å². The van der Waals surface area contributed by atoms with Gasteiger partial charge in [0, 0.05) is 31.2 Å². The first-order chi connectivity index (χ1) is 11.1. The van der Waals surface area contributed by atoms with Gasteiger partial charge in [0.05, 0.1) is 17.0 Å². The summed E-state index contributed by atoms with van der Waals surface area (Å²) in [5, 5.41) is 10.1. The first kappa shape index (κ1) is 15.2. The third-order valence-electron chi connectivity index (χ3n) is 3.98. The van der Waals surface area contributed by atoms with Gasteiger partial charge in [-0.05, 0) is 23.9 Å². The van der Waals surface area contributed by atoms with Crippen molar-refractivity contribution in [3.63, 3.8) is 0 Å². The van der Waals surface area contributed by atoms with Crippen LogP contribution < -0.4 is 21.8 Å².